The summed E-state index contributed by atoms with van der Waals surface area (Å²) in [6, 6.07) is 6.79. The van der Waals surface area contributed by atoms with E-state index in [-0.39, 0.29) is 18.2 Å². The molecule has 2 N–H and O–H groups in total. The number of aryl methyl sites for hydroxylation is 1. The molecule has 24 heavy (non-hydrogen) atoms. The molecule has 2 aromatic rings. The van der Waals surface area contributed by atoms with E-state index in [1.54, 1.807) is 18.2 Å². The van der Waals surface area contributed by atoms with Gasteiger partial charge in [0.2, 0.25) is 5.91 Å². The van der Waals surface area contributed by atoms with Crippen molar-refractivity contribution in [3.05, 3.63) is 50.1 Å². The summed E-state index contributed by atoms with van der Waals surface area (Å²) >= 11 is 13.1. The number of rotatable bonds is 6. The molecule has 0 radical (unpaired) electrons. The molecule has 1 aromatic carbocycles. The second-order valence-electron chi connectivity index (χ2n) is 4.96. The summed E-state index contributed by atoms with van der Waals surface area (Å²) in [6.07, 6.45) is 0.702. The summed E-state index contributed by atoms with van der Waals surface area (Å²) in [6.45, 7) is 2.17. The average Bonchev–Trinajstić information content (AvgIpc) is 2.97. The molecule has 0 unspecified atom stereocenters. The van der Waals surface area contributed by atoms with Gasteiger partial charge in [-0.25, -0.2) is 0 Å². The summed E-state index contributed by atoms with van der Waals surface area (Å²) in [5.41, 5.74) is 5.65. The Bertz CT molecular complexity index is 734. The molecule has 5 nitrogen and oxygen atoms in total. The van der Waals surface area contributed by atoms with E-state index < -0.39 is 0 Å². The Morgan fingerprint density at radius 1 is 1.21 bits per heavy atom. The van der Waals surface area contributed by atoms with Crippen molar-refractivity contribution in [1.82, 2.24) is 10.9 Å². The van der Waals surface area contributed by atoms with Crippen LogP contribution in [-0.2, 0) is 4.79 Å². The zero-order chi connectivity index (χ0) is 17.5. The van der Waals surface area contributed by atoms with E-state index in [9.17, 15) is 9.59 Å². The third-order valence-corrected chi connectivity index (χ3v) is 4.63. The Labute approximate surface area is 153 Å². The molecule has 8 heteroatoms. The highest BCUT2D eigenvalue weighted by molar-refractivity contribution is 7.12. The normalized spacial score (nSPS) is 10.3. The van der Waals surface area contributed by atoms with E-state index in [4.69, 9.17) is 27.9 Å². The Hall–Kier alpha value is -1.76. The van der Waals surface area contributed by atoms with E-state index in [0.29, 0.717) is 33.7 Å². The Kier molecular flexibility index (Phi) is 6.90. The summed E-state index contributed by atoms with van der Waals surface area (Å²) in [4.78, 5) is 24.1. The van der Waals surface area contributed by atoms with Gasteiger partial charge in [0.05, 0.1) is 16.5 Å². The monoisotopic (exact) mass is 386 g/mol. The second-order valence-corrected chi connectivity index (χ2v) is 6.72. The predicted octanol–water partition coefficient (Wildman–Crippen LogP) is 3.98. The molecule has 0 aliphatic carbocycles. The van der Waals surface area contributed by atoms with Gasteiger partial charge < -0.3 is 4.74 Å². The van der Waals surface area contributed by atoms with E-state index in [1.807, 2.05) is 18.4 Å². The average molecular weight is 387 g/mol. The number of thiophene rings is 1. The standard InChI is InChI=1S/C16H16Cl2N2O3S/c1-10-6-8-24-15(10)16(22)20-19-14(21)3-2-7-23-13-5-4-11(17)9-12(13)18/h4-6,8-9H,2-3,7H2,1H3,(H,19,21)(H,20,22). The third-order valence-electron chi connectivity index (χ3n) is 3.08. The van der Waals surface area contributed by atoms with Crippen LogP contribution >= 0.6 is 34.5 Å². The quantitative estimate of drug-likeness (QED) is 0.582. The van der Waals surface area contributed by atoms with Crippen LogP contribution in [0, 0.1) is 6.92 Å². The van der Waals surface area contributed by atoms with Crippen molar-refractivity contribution in [3.63, 3.8) is 0 Å². The van der Waals surface area contributed by atoms with Crippen LogP contribution in [0.2, 0.25) is 10.0 Å². The van der Waals surface area contributed by atoms with Crippen molar-refractivity contribution >= 4 is 46.4 Å². The van der Waals surface area contributed by atoms with Crippen molar-refractivity contribution in [2.24, 2.45) is 0 Å². The SMILES string of the molecule is Cc1ccsc1C(=O)NNC(=O)CCCOc1ccc(Cl)cc1Cl. The van der Waals surface area contributed by atoms with Gasteiger partial charge >= 0.3 is 0 Å². The van der Waals surface area contributed by atoms with Gasteiger partial charge in [-0.3, -0.25) is 20.4 Å². The van der Waals surface area contributed by atoms with Crippen molar-refractivity contribution in [1.29, 1.82) is 0 Å². The van der Waals surface area contributed by atoms with E-state index in [0.717, 1.165) is 5.56 Å². The summed E-state index contributed by atoms with van der Waals surface area (Å²) in [5, 5.41) is 2.78. The van der Waals surface area contributed by atoms with Crippen molar-refractivity contribution < 1.29 is 14.3 Å². The summed E-state index contributed by atoms with van der Waals surface area (Å²) in [5.74, 6) is -0.0913. The van der Waals surface area contributed by atoms with Crippen molar-refractivity contribution in [3.8, 4) is 5.75 Å². The number of nitrogens with one attached hydrogen (secondary N) is 2. The molecule has 1 heterocycles. The first-order chi connectivity index (χ1) is 11.5. The molecular weight excluding hydrogens is 371 g/mol. The van der Waals surface area contributed by atoms with Crippen LogP contribution in [-0.4, -0.2) is 18.4 Å². The smallest absolute Gasteiger partial charge is 0.280 e. The molecule has 128 valence electrons. The summed E-state index contributed by atoms with van der Waals surface area (Å²) < 4.78 is 5.49. The number of carbonyl (C=O) groups excluding carboxylic acids is 2. The van der Waals surface area contributed by atoms with Crippen LogP contribution < -0.4 is 15.6 Å². The van der Waals surface area contributed by atoms with Gasteiger partial charge in [0.25, 0.3) is 5.91 Å². The second kappa shape index (κ2) is 8.92. The predicted molar refractivity (Wildman–Crippen MR) is 95.9 cm³/mol. The van der Waals surface area contributed by atoms with Crippen LogP contribution in [0.5, 0.6) is 5.75 Å². The minimum Gasteiger partial charge on any atom is -0.492 e. The minimum atomic E-state index is -0.319. The zero-order valence-corrected chi connectivity index (χ0v) is 15.2. The Morgan fingerprint density at radius 3 is 2.67 bits per heavy atom. The van der Waals surface area contributed by atoms with Crippen molar-refractivity contribution in [2.75, 3.05) is 6.61 Å². The van der Waals surface area contributed by atoms with E-state index >= 15 is 0 Å². The van der Waals surface area contributed by atoms with E-state index in [2.05, 4.69) is 10.9 Å². The minimum absolute atomic E-state index is 0.217. The van der Waals surface area contributed by atoms with Crippen LogP contribution in [0.4, 0.5) is 0 Å². The molecule has 0 fully saturated rings. The molecular formula is C16H16Cl2N2O3S. The lowest BCUT2D eigenvalue weighted by molar-refractivity contribution is -0.122. The van der Waals surface area contributed by atoms with Gasteiger partial charge in [0, 0.05) is 11.4 Å². The largest absolute Gasteiger partial charge is 0.492 e. The van der Waals surface area contributed by atoms with Crippen LogP contribution in [0.25, 0.3) is 0 Å². The fourth-order valence-electron chi connectivity index (χ4n) is 1.86. The summed E-state index contributed by atoms with van der Waals surface area (Å²) in [7, 11) is 0. The fourth-order valence-corrected chi connectivity index (χ4v) is 3.14. The maximum atomic E-state index is 11.8. The number of carbonyl (C=O) groups is 2. The molecule has 2 rings (SSSR count). The maximum absolute atomic E-state index is 11.8. The first kappa shape index (κ1) is 18.6. The van der Waals surface area contributed by atoms with Crippen LogP contribution in [0.3, 0.4) is 0 Å². The first-order valence-electron chi connectivity index (χ1n) is 7.18. The highest BCUT2D eigenvalue weighted by Gasteiger charge is 2.11. The third kappa shape index (κ3) is 5.40. The highest BCUT2D eigenvalue weighted by Crippen LogP contribution is 2.27. The van der Waals surface area contributed by atoms with Gasteiger partial charge in [-0.05, 0) is 48.6 Å². The number of hydrazine groups is 1. The number of benzene rings is 1. The van der Waals surface area contributed by atoms with Gasteiger partial charge in [-0.15, -0.1) is 11.3 Å². The molecule has 0 bridgehead atoms. The molecule has 0 atom stereocenters. The van der Waals surface area contributed by atoms with Gasteiger partial charge in [0.1, 0.15) is 5.75 Å². The molecule has 1 aromatic heterocycles. The lowest BCUT2D eigenvalue weighted by Gasteiger charge is -2.09. The zero-order valence-electron chi connectivity index (χ0n) is 12.9. The van der Waals surface area contributed by atoms with Crippen molar-refractivity contribution in [2.45, 2.75) is 19.8 Å². The van der Waals surface area contributed by atoms with E-state index in [1.165, 1.54) is 11.3 Å². The first-order valence-corrected chi connectivity index (χ1v) is 8.82. The number of amides is 2. The number of halogens is 2. The maximum Gasteiger partial charge on any atom is 0.280 e. The molecule has 0 aliphatic rings. The lowest BCUT2D eigenvalue weighted by atomic mass is 10.3. The Morgan fingerprint density at radius 2 is 2.00 bits per heavy atom. The number of hydrogen-bond donors (Lipinski definition) is 2. The molecule has 0 saturated carbocycles. The topological polar surface area (TPSA) is 67.4 Å². The molecule has 0 saturated heterocycles. The Balaban J connectivity index is 1.66. The van der Waals surface area contributed by atoms with Gasteiger partial charge in [-0.2, -0.15) is 0 Å². The molecule has 2 amide bonds. The van der Waals surface area contributed by atoms with Crippen LogP contribution in [0.1, 0.15) is 28.1 Å². The molecule has 0 aliphatic heterocycles. The fraction of sp³-hybridized carbons (Fsp3) is 0.250. The molecule has 0 spiro atoms. The van der Waals surface area contributed by atoms with Gasteiger partial charge in [0.15, 0.2) is 0 Å². The number of ether oxygens (including phenoxy) is 1. The number of hydrogen-bond acceptors (Lipinski definition) is 4. The van der Waals surface area contributed by atoms with Crippen LogP contribution in [0.15, 0.2) is 29.6 Å². The van der Waals surface area contributed by atoms with Gasteiger partial charge in [-0.1, -0.05) is 23.2 Å². The highest BCUT2D eigenvalue weighted by atomic mass is 35.5. The lowest BCUT2D eigenvalue weighted by Crippen LogP contribution is -2.41.